The molecule has 0 spiro atoms. The van der Waals surface area contributed by atoms with Crippen LogP contribution in [0.5, 0.6) is 0 Å². The summed E-state index contributed by atoms with van der Waals surface area (Å²) in [7, 11) is -3.61. The van der Waals surface area contributed by atoms with Crippen molar-refractivity contribution in [3.05, 3.63) is 29.8 Å². The summed E-state index contributed by atoms with van der Waals surface area (Å²) < 4.78 is 99.6. The van der Waals surface area contributed by atoms with Gasteiger partial charge in [-0.3, -0.25) is 28.4 Å². The fourth-order valence-corrected chi connectivity index (χ4v) is 37.2. The third kappa shape index (κ3) is 33.5. The number of rotatable bonds is 17. The van der Waals surface area contributed by atoms with Gasteiger partial charge in [0.25, 0.3) is 10.1 Å². The van der Waals surface area contributed by atoms with Crippen LogP contribution in [0, 0.1) is 146 Å². The summed E-state index contributed by atoms with van der Waals surface area (Å²) in [6, 6.07) is 6.90. The number of nitrogens with one attached hydrogen (secondary N) is 2. The summed E-state index contributed by atoms with van der Waals surface area (Å²) >= 11 is 5.57. The van der Waals surface area contributed by atoms with E-state index in [0.29, 0.717) is 206 Å². The third-order valence-corrected chi connectivity index (χ3v) is 41.0. The highest BCUT2D eigenvalue weighted by Crippen LogP contribution is 2.67. The Kier molecular flexibility index (Phi) is 43.4. The zero-order valence-corrected chi connectivity index (χ0v) is 89.0. The average molecular weight is 2040 g/mol. The highest BCUT2D eigenvalue weighted by Gasteiger charge is 2.58. The minimum absolute atomic E-state index is 0. The van der Waals surface area contributed by atoms with Gasteiger partial charge in [0.1, 0.15) is 0 Å². The molecular formula is C117H197ClN6O18S. The number of carbonyl (C=O) groups excluding carboxylic acids is 3. The molecule has 24 bridgehead atoms. The molecule has 0 radical (unpaired) electrons. The average Bonchev–Trinajstić information content (AvgIpc) is 0.731. The molecule has 24 nitrogen and oxygen atoms in total. The molecule has 143 heavy (non-hydrogen) atoms. The van der Waals surface area contributed by atoms with Crippen molar-refractivity contribution in [3.8, 4) is 0 Å². The van der Waals surface area contributed by atoms with Crippen LogP contribution in [0.15, 0.2) is 29.2 Å². The zero-order chi connectivity index (χ0) is 96.8. The quantitative estimate of drug-likeness (QED) is 0.109. The second-order valence-corrected chi connectivity index (χ2v) is 53.1. The molecule has 1 aromatic carbocycles. The van der Waals surface area contributed by atoms with E-state index in [1.807, 2.05) is 28.9 Å². The van der Waals surface area contributed by atoms with Crippen LogP contribution in [0.2, 0.25) is 0 Å². The van der Waals surface area contributed by atoms with Crippen molar-refractivity contribution < 1.29 is 83.8 Å². The molecule has 3 saturated heterocycles. The van der Waals surface area contributed by atoms with Gasteiger partial charge >= 0.3 is 0 Å². The van der Waals surface area contributed by atoms with Gasteiger partial charge in [-0.25, -0.2) is 0 Å². The summed E-state index contributed by atoms with van der Waals surface area (Å²) in [5, 5.41) is 6.39. The SMILES string of the molecule is C.C.C1COCCN(CCC23CC4CC(CC(C4)C2)C3)CCOCCOCCN(CCC23CC4CC(CC(C4)C2)C3)CCO1.C1COCCOCCNCCOCCOCCN1.Cc1ccc(S(=O)(=O)OCCC23CC4CC(CC(C4)C2)C3)cc1.O=C(CC12CC3CC(CC(C3)C1)C2)N1CCOCCOCCN(C(=O)CC23CC4CC(CC(C4)C2)C3)CCOCCOCC1.O=C(Cl)CC12CC3CC(CC(C3)C1)C2. The largest absolute Gasteiger partial charge is 0.378 e. The maximum atomic E-state index is 13.6. The zero-order valence-electron chi connectivity index (χ0n) is 87.4. The molecule has 0 aromatic heterocycles. The van der Waals surface area contributed by atoms with E-state index >= 15 is 0 Å². The summed E-state index contributed by atoms with van der Waals surface area (Å²) in [4.78, 5) is 47.8. The number of hydrogen-bond acceptors (Lipinski definition) is 22. The van der Waals surface area contributed by atoms with E-state index in [4.69, 9.17) is 72.6 Å². The van der Waals surface area contributed by atoms with Crippen LogP contribution in [-0.4, -0.2) is 302 Å². The molecule has 816 valence electrons. The van der Waals surface area contributed by atoms with Gasteiger partial charge in [-0.2, -0.15) is 8.42 Å². The molecule has 24 aliphatic carbocycles. The van der Waals surface area contributed by atoms with Crippen molar-refractivity contribution in [2.75, 3.05) is 257 Å². The predicted molar refractivity (Wildman–Crippen MR) is 562 cm³/mol. The predicted octanol–water partition coefficient (Wildman–Crippen LogP) is 19.0. The standard InChI is InChI=1S/C36H58N2O6.C36H62N2O4.C19H26O3S.C12H17ClO.C12H26N2O4.2CH4/c39-33(25-35-19-27-13-28(20-35)15-29(14-27)21-35)37-1-5-41-9-10-43-7-3-38(4-8-44-12-11-42-6-2-37)34(40)26-36-22-30-16-31(23-36)18-32(17-30)24-36;1(35-23-29-17-30(24-35)19-31(18-29)25-35)3-37-5-9-39-13-15-41-11-7-38(8-12-42-16-14-40-10-6-37)4-2-36-26-32-20-33(27-36)22-34(21-32)28-36;1-14-2-4-18(5-3-14)23(20,21)22-7-6-19-11-15-8-16(12-19)10-17(9-15)13-19;13-11(14)7-12-4-8-1-9(5-12)3-10(2-8)6-12;1-5-15-9-10-17-7-3-14-4-8-18-12-11-16-6-2-13-1;;/h27-32H,1-26H2;29-34H,1-28H2;2-5,15-17H,6-13H2,1H3;8-10H,1-7H2;13-14H,1-12H2;2*1H4. The Morgan fingerprint density at radius 1 is 0.294 bits per heavy atom. The summed E-state index contributed by atoms with van der Waals surface area (Å²) in [5.41, 5.74) is 3.54. The number of hydrogen-bond donors (Lipinski definition) is 2. The van der Waals surface area contributed by atoms with E-state index in [1.165, 1.54) is 257 Å². The lowest BCUT2D eigenvalue weighted by molar-refractivity contribution is -0.142. The fourth-order valence-electron chi connectivity index (χ4n) is 36.0. The monoisotopic (exact) mass is 2040 g/mol. The van der Waals surface area contributed by atoms with Gasteiger partial charge in [0, 0.05) is 97.8 Å². The molecular weight excluding hydrogens is 1840 g/mol. The lowest BCUT2D eigenvalue weighted by atomic mass is 9.49. The first kappa shape index (κ1) is 113. The molecule has 3 aliphatic heterocycles. The van der Waals surface area contributed by atoms with Crippen LogP contribution in [0.3, 0.4) is 0 Å². The first-order valence-corrected chi connectivity index (χ1v) is 59.9. The normalized spacial score (nSPS) is 39.5. The molecule has 28 rings (SSSR count). The number of carbonyl (C=O) groups is 3. The van der Waals surface area contributed by atoms with Gasteiger partial charge < -0.3 is 77.3 Å². The first-order chi connectivity index (χ1) is 68.7. The minimum Gasteiger partial charge on any atom is -0.378 e. The Labute approximate surface area is 869 Å². The highest BCUT2D eigenvalue weighted by molar-refractivity contribution is 7.86. The van der Waals surface area contributed by atoms with Gasteiger partial charge in [0.05, 0.1) is 170 Å². The second kappa shape index (κ2) is 55.0. The third-order valence-electron chi connectivity index (χ3n) is 39.5. The Morgan fingerprint density at radius 2 is 0.497 bits per heavy atom. The Bertz CT molecular complexity index is 3600. The van der Waals surface area contributed by atoms with Crippen LogP contribution < -0.4 is 10.6 Å². The smallest absolute Gasteiger partial charge is 0.296 e. The first-order valence-electron chi connectivity index (χ1n) is 58.2. The van der Waals surface area contributed by atoms with Crippen molar-refractivity contribution in [1.82, 2.24) is 30.2 Å². The summed E-state index contributed by atoms with van der Waals surface area (Å²) in [6.45, 7) is 30.0. The molecule has 27 aliphatic rings. The molecule has 2 N–H and O–H groups in total. The maximum absolute atomic E-state index is 13.6. The Morgan fingerprint density at radius 3 is 0.727 bits per heavy atom. The topological polar surface area (TPSA) is 242 Å². The van der Waals surface area contributed by atoms with E-state index < -0.39 is 10.1 Å². The number of benzene rings is 1. The number of aryl methyl sites for hydroxylation is 1. The van der Waals surface area contributed by atoms with Crippen molar-refractivity contribution in [3.63, 3.8) is 0 Å². The number of halogens is 1. The van der Waals surface area contributed by atoms with Gasteiger partial charge in [-0.15, -0.1) is 0 Å². The van der Waals surface area contributed by atoms with Crippen molar-refractivity contribution in [1.29, 1.82) is 0 Å². The number of amides is 2. The molecule has 1 aromatic rings. The van der Waals surface area contributed by atoms with Gasteiger partial charge in [-0.1, -0.05) is 32.5 Å². The Balaban J connectivity index is 0.000000136. The Hall–Kier alpha value is -2.61. The van der Waals surface area contributed by atoms with Crippen molar-refractivity contribution in [2.45, 2.75) is 296 Å². The lowest BCUT2D eigenvalue weighted by Crippen LogP contribution is -2.49. The minimum atomic E-state index is -3.61. The summed E-state index contributed by atoms with van der Waals surface area (Å²) in [5.74, 6) is 17.4. The molecule has 0 atom stereocenters. The van der Waals surface area contributed by atoms with E-state index in [-0.39, 0.29) is 47.6 Å². The molecule has 24 saturated carbocycles. The number of nitrogens with zero attached hydrogens (tertiary/aromatic N) is 4. The number of ether oxygens (including phenoxy) is 12. The van der Waals surface area contributed by atoms with Crippen LogP contribution in [0.25, 0.3) is 0 Å². The van der Waals surface area contributed by atoms with Crippen LogP contribution in [0.4, 0.5) is 0 Å². The molecule has 26 heteroatoms. The molecule has 0 unspecified atom stereocenters. The van der Waals surface area contributed by atoms with Crippen molar-refractivity contribution in [2.24, 2.45) is 139 Å². The fraction of sp³-hybridized carbons (Fsp3) is 0.923. The van der Waals surface area contributed by atoms with E-state index in [2.05, 4.69) is 20.4 Å². The van der Waals surface area contributed by atoms with Crippen molar-refractivity contribution >= 4 is 38.8 Å². The lowest BCUT2D eigenvalue weighted by Gasteiger charge is -2.57. The molecule has 3 heterocycles. The molecule has 27 fully saturated rings. The van der Waals surface area contributed by atoms with Gasteiger partial charge in [-0.05, 0) is 433 Å². The van der Waals surface area contributed by atoms with Gasteiger partial charge in [0.2, 0.25) is 17.1 Å². The highest BCUT2D eigenvalue weighted by atomic mass is 35.5. The second-order valence-electron chi connectivity index (χ2n) is 51.0. The van der Waals surface area contributed by atoms with E-state index in [9.17, 15) is 22.8 Å². The maximum Gasteiger partial charge on any atom is 0.296 e. The van der Waals surface area contributed by atoms with E-state index in [1.54, 1.807) is 12.1 Å². The van der Waals surface area contributed by atoms with Crippen LogP contribution >= 0.6 is 11.6 Å². The van der Waals surface area contributed by atoms with E-state index in [0.717, 1.165) is 197 Å². The van der Waals surface area contributed by atoms with Crippen LogP contribution in [0.1, 0.15) is 290 Å². The molecule has 2 amide bonds. The summed E-state index contributed by atoms with van der Waals surface area (Å²) in [6.07, 6.45) is 56.3. The van der Waals surface area contributed by atoms with Crippen LogP contribution in [-0.2, 0) is 85.5 Å². The van der Waals surface area contributed by atoms with Gasteiger partial charge in [0.15, 0.2) is 0 Å².